The van der Waals surface area contributed by atoms with Crippen molar-refractivity contribution in [3.05, 3.63) is 90.0 Å². The lowest BCUT2D eigenvalue weighted by Gasteiger charge is -2.33. The number of aliphatic carboxylic acids is 1. The van der Waals surface area contributed by atoms with Crippen molar-refractivity contribution >= 4 is 23.3 Å². The van der Waals surface area contributed by atoms with Gasteiger partial charge in [0.25, 0.3) is 0 Å². The second-order valence-electron chi connectivity index (χ2n) is 8.77. The van der Waals surface area contributed by atoms with E-state index in [0.717, 1.165) is 47.2 Å². The molecule has 0 spiro atoms. The normalized spacial score (nSPS) is 10.7. The number of benzene rings is 3. The Morgan fingerprint density at radius 2 is 1.54 bits per heavy atom. The number of nitrogens with one attached hydrogen (secondary N) is 1. The van der Waals surface area contributed by atoms with Crippen LogP contribution in [-0.2, 0) is 17.9 Å². The minimum absolute atomic E-state index is 0.151. The lowest BCUT2D eigenvalue weighted by Crippen LogP contribution is -2.44. The number of aromatic amines is 1. The highest BCUT2D eigenvalue weighted by atomic mass is 32.1. The molecule has 0 radical (unpaired) electrons. The first kappa shape index (κ1) is 26.0. The topological polar surface area (TPSA) is 98.2 Å². The molecule has 0 amide bonds. The number of hydrogen-bond donors (Lipinski definition) is 2. The predicted molar refractivity (Wildman–Crippen MR) is 147 cm³/mol. The predicted octanol–water partition coefficient (Wildman–Crippen LogP) is 5.01. The van der Waals surface area contributed by atoms with E-state index in [-0.39, 0.29) is 6.54 Å². The highest BCUT2D eigenvalue weighted by molar-refractivity contribution is 7.80. The van der Waals surface area contributed by atoms with Crippen LogP contribution in [0.3, 0.4) is 0 Å². The van der Waals surface area contributed by atoms with Gasteiger partial charge in [-0.15, -0.1) is 10.2 Å². The smallest absolute Gasteiger partial charge is 0.323 e. The van der Waals surface area contributed by atoms with Crippen LogP contribution in [0.2, 0.25) is 0 Å². The van der Waals surface area contributed by atoms with E-state index in [1.165, 1.54) is 0 Å². The average molecular weight is 515 g/mol. The van der Waals surface area contributed by atoms with Crippen LogP contribution in [0.15, 0.2) is 78.9 Å². The number of carbonyl (C=O) groups is 1. The minimum atomic E-state index is -0.904. The second kappa shape index (κ2) is 12.7. The molecule has 8 nitrogen and oxygen atoms in total. The summed E-state index contributed by atoms with van der Waals surface area (Å²) in [5, 5.41) is 24.6. The van der Waals surface area contributed by atoms with E-state index in [0.29, 0.717) is 24.0 Å². The highest BCUT2D eigenvalue weighted by Gasteiger charge is 2.20. The van der Waals surface area contributed by atoms with Gasteiger partial charge < -0.3 is 14.9 Å². The van der Waals surface area contributed by atoms with Gasteiger partial charge in [-0.05, 0) is 46.1 Å². The number of H-pyrrole nitrogens is 1. The van der Waals surface area contributed by atoms with Crippen molar-refractivity contribution in [2.45, 2.75) is 32.9 Å². The molecule has 0 atom stereocenters. The molecule has 4 rings (SSSR count). The first-order valence-corrected chi connectivity index (χ1v) is 12.7. The number of nitrogens with zero attached hydrogens (tertiary/aromatic N) is 5. The SMILES string of the molecule is CCCCN(Cc1ccc(-c2ccccc2-c2nn[nH]n2)cc1)C(=S)N(CC(=O)O)Cc1ccccc1. The molecule has 0 unspecified atom stereocenters. The Morgan fingerprint density at radius 1 is 0.892 bits per heavy atom. The number of rotatable bonds is 11. The van der Waals surface area contributed by atoms with Crippen molar-refractivity contribution in [3.63, 3.8) is 0 Å². The van der Waals surface area contributed by atoms with Gasteiger partial charge in [-0.3, -0.25) is 4.79 Å². The van der Waals surface area contributed by atoms with Crippen LogP contribution in [0.5, 0.6) is 0 Å². The summed E-state index contributed by atoms with van der Waals surface area (Å²) in [5.41, 5.74) is 5.08. The third kappa shape index (κ3) is 6.98. The van der Waals surface area contributed by atoms with Crippen LogP contribution >= 0.6 is 12.2 Å². The number of aromatic nitrogens is 4. The van der Waals surface area contributed by atoms with Gasteiger partial charge in [0.2, 0.25) is 5.82 Å². The van der Waals surface area contributed by atoms with Crippen LogP contribution in [0.1, 0.15) is 30.9 Å². The number of thiocarbonyl (C=S) groups is 1. The molecule has 0 saturated carbocycles. The molecule has 4 aromatic rings. The van der Waals surface area contributed by atoms with Gasteiger partial charge in [0.15, 0.2) is 5.11 Å². The lowest BCUT2D eigenvalue weighted by molar-refractivity contribution is -0.137. The Bertz CT molecular complexity index is 1300. The van der Waals surface area contributed by atoms with Crippen molar-refractivity contribution in [2.75, 3.05) is 13.1 Å². The third-order valence-corrected chi connectivity index (χ3v) is 6.53. The Balaban J connectivity index is 1.54. The van der Waals surface area contributed by atoms with Gasteiger partial charge in [0.1, 0.15) is 6.54 Å². The van der Waals surface area contributed by atoms with Crippen molar-refractivity contribution in [3.8, 4) is 22.5 Å². The fourth-order valence-electron chi connectivity index (χ4n) is 4.17. The summed E-state index contributed by atoms with van der Waals surface area (Å²) in [6.45, 7) is 3.78. The highest BCUT2D eigenvalue weighted by Crippen LogP contribution is 2.30. The molecule has 0 fully saturated rings. The van der Waals surface area contributed by atoms with Crippen molar-refractivity contribution in [1.82, 2.24) is 30.4 Å². The molecule has 0 aliphatic carbocycles. The molecule has 1 aromatic heterocycles. The fourth-order valence-corrected chi connectivity index (χ4v) is 4.45. The van der Waals surface area contributed by atoms with Crippen LogP contribution in [-0.4, -0.2) is 59.7 Å². The first-order chi connectivity index (χ1) is 18.0. The number of carboxylic acid groups (broad SMARTS) is 1. The van der Waals surface area contributed by atoms with Gasteiger partial charge in [-0.2, -0.15) is 5.21 Å². The van der Waals surface area contributed by atoms with E-state index in [1.807, 2.05) is 54.6 Å². The van der Waals surface area contributed by atoms with Crippen LogP contribution in [0.4, 0.5) is 0 Å². The molecule has 3 aromatic carbocycles. The minimum Gasteiger partial charge on any atom is -0.480 e. The molecule has 9 heteroatoms. The standard InChI is InChI=1S/C28H30N6O2S/c1-2-3-17-33(28(37)34(20-26(35)36)19-21-9-5-4-6-10-21)18-22-13-15-23(16-14-22)24-11-7-8-12-25(24)27-29-31-32-30-27/h4-16H,2-3,17-20H2,1H3,(H,35,36)(H,29,30,31,32). The van der Waals surface area contributed by atoms with Crippen LogP contribution in [0, 0.1) is 0 Å². The molecule has 0 aliphatic heterocycles. The summed E-state index contributed by atoms with van der Waals surface area (Å²) in [6.07, 6.45) is 1.98. The number of tetrazole rings is 1. The van der Waals surface area contributed by atoms with Gasteiger partial charge in [0, 0.05) is 25.2 Å². The third-order valence-electron chi connectivity index (χ3n) is 6.02. The fraction of sp³-hybridized carbons (Fsp3) is 0.250. The number of unbranched alkanes of at least 4 members (excludes halogenated alkanes) is 1. The number of carboxylic acids is 1. The van der Waals surface area contributed by atoms with E-state index in [1.54, 1.807) is 4.90 Å². The number of hydrogen-bond acceptors (Lipinski definition) is 5. The summed E-state index contributed by atoms with van der Waals surface area (Å²) in [6, 6.07) is 26.1. The zero-order valence-electron chi connectivity index (χ0n) is 20.7. The maximum absolute atomic E-state index is 11.6. The van der Waals surface area contributed by atoms with Crippen LogP contribution < -0.4 is 0 Å². The van der Waals surface area contributed by atoms with E-state index in [2.05, 4.69) is 56.7 Å². The second-order valence-corrected chi connectivity index (χ2v) is 9.14. The van der Waals surface area contributed by atoms with E-state index in [9.17, 15) is 9.90 Å². The van der Waals surface area contributed by atoms with E-state index in [4.69, 9.17) is 12.2 Å². The molecule has 2 N–H and O–H groups in total. The largest absolute Gasteiger partial charge is 0.480 e. The zero-order valence-corrected chi connectivity index (χ0v) is 21.6. The lowest BCUT2D eigenvalue weighted by atomic mass is 9.98. The molecule has 0 saturated heterocycles. The van der Waals surface area contributed by atoms with Crippen molar-refractivity contribution < 1.29 is 9.90 Å². The van der Waals surface area contributed by atoms with Crippen LogP contribution in [0.25, 0.3) is 22.5 Å². The molecule has 0 bridgehead atoms. The van der Waals surface area contributed by atoms with Gasteiger partial charge in [0.05, 0.1) is 0 Å². The molecule has 0 aliphatic rings. The Kier molecular flexibility index (Phi) is 8.93. The average Bonchev–Trinajstić information content (AvgIpc) is 3.46. The quantitative estimate of drug-likeness (QED) is 0.270. The Labute approximate surface area is 221 Å². The molecule has 190 valence electrons. The summed E-state index contributed by atoms with van der Waals surface area (Å²) in [5.74, 6) is -0.356. The van der Waals surface area contributed by atoms with Crippen molar-refractivity contribution in [2.24, 2.45) is 0 Å². The summed E-state index contributed by atoms with van der Waals surface area (Å²) in [7, 11) is 0. The van der Waals surface area contributed by atoms with Gasteiger partial charge in [-0.1, -0.05) is 92.2 Å². The molecular weight excluding hydrogens is 484 g/mol. The molecule has 1 heterocycles. The monoisotopic (exact) mass is 514 g/mol. The Morgan fingerprint density at radius 3 is 2.19 bits per heavy atom. The van der Waals surface area contributed by atoms with Crippen molar-refractivity contribution in [1.29, 1.82) is 0 Å². The molecule has 37 heavy (non-hydrogen) atoms. The molecular formula is C28H30N6O2S. The van der Waals surface area contributed by atoms with E-state index < -0.39 is 5.97 Å². The first-order valence-electron chi connectivity index (χ1n) is 12.3. The Hall–Kier alpha value is -4.11. The summed E-state index contributed by atoms with van der Waals surface area (Å²) >= 11 is 5.86. The van der Waals surface area contributed by atoms with Gasteiger partial charge >= 0.3 is 5.97 Å². The zero-order chi connectivity index (χ0) is 26.0. The summed E-state index contributed by atoms with van der Waals surface area (Å²) < 4.78 is 0. The summed E-state index contributed by atoms with van der Waals surface area (Å²) in [4.78, 5) is 15.5. The van der Waals surface area contributed by atoms with Gasteiger partial charge in [-0.25, -0.2) is 0 Å². The maximum atomic E-state index is 11.6. The maximum Gasteiger partial charge on any atom is 0.323 e. The van der Waals surface area contributed by atoms with E-state index >= 15 is 0 Å².